The number of cyclic esters (lactones) is 1. The molecule has 0 aliphatic carbocycles. The Hall–Kier alpha value is -1.38. The van der Waals surface area contributed by atoms with E-state index in [-0.39, 0.29) is 18.5 Å². The van der Waals surface area contributed by atoms with Crippen LogP contribution in [0.4, 0.5) is 0 Å². The second-order valence-electron chi connectivity index (χ2n) is 2.53. The molecule has 0 aromatic heterocycles. The third-order valence-electron chi connectivity index (χ3n) is 1.61. The van der Waals surface area contributed by atoms with Gasteiger partial charge in [0.05, 0.1) is 0 Å². The summed E-state index contributed by atoms with van der Waals surface area (Å²) >= 11 is 0. The summed E-state index contributed by atoms with van der Waals surface area (Å²) in [6.07, 6.45) is 4.59. The van der Waals surface area contributed by atoms with Gasteiger partial charge in [-0.1, -0.05) is 6.08 Å². The molecule has 0 radical (unpaired) electrons. The van der Waals surface area contributed by atoms with Crippen molar-refractivity contribution in [2.45, 2.75) is 18.9 Å². The van der Waals surface area contributed by atoms with E-state index in [4.69, 9.17) is 4.74 Å². The smallest absolute Gasteiger partial charge is 0.334 e. The fourth-order valence-electron chi connectivity index (χ4n) is 1.06. The van der Waals surface area contributed by atoms with E-state index in [1.54, 1.807) is 12.2 Å². The van der Waals surface area contributed by atoms with Crippen molar-refractivity contribution in [1.82, 2.24) is 0 Å². The zero-order chi connectivity index (χ0) is 8.97. The van der Waals surface area contributed by atoms with E-state index in [1.165, 1.54) is 0 Å². The average Bonchev–Trinajstić information content (AvgIpc) is 2.34. The van der Waals surface area contributed by atoms with Gasteiger partial charge in [-0.2, -0.15) is 0 Å². The Bertz CT molecular complexity index is 240. The first-order valence-electron chi connectivity index (χ1n) is 3.74. The lowest BCUT2D eigenvalue weighted by Crippen LogP contribution is -2.06. The lowest BCUT2D eigenvalue weighted by molar-refractivity contribution is -0.139. The summed E-state index contributed by atoms with van der Waals surface area (Å²) in [4.78, 5) is 21.1. The first-order valence-corrected chi connectivity index (χ1v) is 3.74. The number of rotatable bonds is 4. The summed E-state index contributed by atoms with van der Waals surface area (Å²) in [7, 11) is 0. The monoisotopic (exact) mass is 166 g/mol. The van der Waals surface area contributed by atoms with Crippen LogP contribution in [0.3, 0.4) is 0 Å². The predicted molar refractivity (Wildman–Crippen MR) is 43.5 cm³/mol. The minimum atomic E-state index is -0.381. The topological polar surface area (TPSA) is 43.4 Å². The third kappa shape index (κ3) is 1.81. The summed E-state index contributed by atoms with van der Waals surface area (Å²) in [6, 6.07) is 0. The second-order valence-corrected chi connectivity index (χ2v) is 2.53. The second kappa shape index (κ2) is 3.85. The Morgan fingerprint density at radius 3 is 3.00 bits per heavy atom. The van der Waals surface area contributed by atoms with Crippen LogP contribution in [0.25, 0.3) is 0 Å². The van der Waals surface area contributed by atoms with Gasteiger partial charge in [-0.3, -0.25) is 0 Å². The minimum Gasteiger partial charge on any atom is -0.454 e. The molecule has 0 bridgehead atoms. The van der Waals surface area contributed by atoms with Crippen LogP contribution in [0, 0.1) is 0 Å². The van der Waals surface area contributed by atoms with Crippen molar-refractivity contribution in [2.75, 3.05) is 0 Å². The highest BCUT2D eigenvalue weighted by molar-refractivity contribution is 5.93. The Morgan fingerprint density at radius 1 is 1.67 bits per heavy atom. The molecular weight excluding hydrogens is 156 g/mol. The lowest BCUT2D eigenvalue weighted by Gasteiger charge is -2.02. The molecule has 0 aromatic carbocycles. The molecule has 0 unspecified atom stereocenters. The molecule has 0 spiro atoms. The number of ether oxygens (including phenoxy) is 1. The molecule has 12 heavy (non-hydrogen) atoms. The molecule has 1 aliphatic rings. The van der Waals surface area contributed by atoms with Gasteiger partial charge < -0.3 is 9.53 Å². The molecule has 3 heteroatoms. The molecule has 0 saturated carbocycles. The highest BCUT2D eigenvalue weighted by atomic mass is 16.5. The zero-order valence-electron chi connectivity index (χ0n) is 6.66. The van der Waals surface area contributed by atoms with Gasteiger partial charge in [0.2, 0.25) is 0 Å². The summed E-state index contributed by atoms with van der Waals surface area (Å²) in [5, 5.41) is 0. The molecule has 1 heterocycles. The zero-order valence-corrected chi connectivity index (χ0v) is 6.66. The Labute approximate surface area is 70.7 Å². The van der Waals surface area contributed by atoms with E-state index in [2.05, 4.69) is 6.58 Å². The van der Waals surface area contributed by atoms with Gasteiger partial charge in [0.1, 0.15) is 12.4 Å². The molecule has 1 aliphatic heterocycles. The molecule has 64 valence electrons. The van der Waals surface area contributed by atoms with Crippen LogP contribution < -0.4 is 0 Å². The van der Waals surface area contributed by atoms with Gasteiger partial charge in [0, 0.05) is 18.4 Å². The van der Waals surface area contributed by atoms with Crippen LogP contribution >= 0.6 is 0 Å². The number of carbonyl (C=O) groups is 2. The summed E-state index contributed by atoms with van der Waals surface area (Å²) in [6.45, 7) is 3.53. The van der Waals surface area contributed by atoms with Crippen LogP contribution in [-0.2, 0) is 14.3 Å². The highest BCUT2D eigenvalue weighted by Gasteiger charge is 2.23. The number of hydrogen-bond donors (Lipinski definition) is 0. The molecule has 0 aromatic rings. The van der Waals surface area contributed by atoms with Gasteiger partial charge in [-0.25, -0.2) is 4.79 Å². The molecule has 0 amide bonds. The van der Waals surface area contributed by atoms with E-state index in [1.807, 2.05) is 0 Å². The van der Waals surface area contributed by atoms with Crippen molar-refractivity contribution in [2.24, 2.45) is 0 Å². The first kappa shape index (κ1) is 8.71. The maximum Gasteiger partial charge on any atom is 0.334 e. The van der Waals surface area contributed by atoms with E-state index in [9.17, 15) is 9.59 Å². The minimum absolute atomic E-state index is 0.145. The molecule has 1 atom stereocenters. The van der Waals surface area contributed by atoms with Crippen LogP contribution in [0.15, 0.2) is 24.3 Å². The van der Waals surface area contributed by atoms with Crippen molar-refractivity contribution < 1.29 is 14.3 Å². The predicted octanol–water partition coefficient (Wildman–Crippen LogP) is 1.00. The highest BCUT2D eigenvalue weighted by Crippen LogP contribution is 2.17. The maximum atomic E-state index is 11.0. The van der Waals surface area contributed by atoms with Crippen LogP contribution in [-0.4, -0.2) is 18.4 Å². The molecule has 1 rings (SSSR count). The van der Waals surface area contributed by atoms with E-state index in [0.717, 1.165) is 0 Å². The van der Waals surface area contributed by atoms with Gasteiger partial charge in [0.15, 0.2) is 0 Å². The van der Waals surface area contributed by atoms with Gasteiger partial charge in [0.25, 0.3) is 0 Å². The van der Waals surface area contributed by atoms with Gasteiger partial charge in [-0.15, -0.1) is 6.58 Å². The fourth-order valence-corrected chi connectivity index (χ4v) is 1.06. The van der Waals surface area contributed by atoms with Crippen LogP contribution in [0.5, 0.6) is 0 Å². The maximum absolute atomic E-state index is 11.0. The largest absolute Gasteiger partial charge is 0.454 e. The molecule has 3 nitrogen and oxygen atoms in total. The summed E-state index contributed by atoms with van der Waals surface area (Å²) < 4.78 is 4.91. The summed E-state index contributed by atoms with van der Waals surface area (Å²) in [5.41, 5.74) is 0.455. The van der Waals surface area contributed by atoms with E-state index in [0.29, 0.717) is 18.3 Å². The Balaban J connectivity index is 2.60. The Kier molecular flexibility index (Phi) is 2.80. The quantitative estimate of drug-likeness (QED) is 0.355. The van der Waals surface area contributed by atoms with Crippen molar-refractivity contribution in [3.8, 4) is 0 Å². The standard InChI is InChI=1S/C9H10O3/c1-2-3-8-6-7(4-5-10)9(11)12-8/h2,5-6,8H,1,3-4H2/t8-/m1/s1. The van der Waals surface area contributed by atoms with Crippen molar-refractivity contribution >= 4 is 12.3 Å². The van der Waals surface area contributed by atoms with Crippen LogP contribution in [0.2, 0.25) is 0 Å². The molecule has 0 fully saturated rings. The number of aldehydes is 1. The first-order chi connectivity index (χ1) is 5.77. The van der Waals surface area contributed by atoms with Crippen molar-refractivity contribution in [1.29, 1.82) is 0 Å². The van der Waals surface area contributed by atoms with Crippen molar-refractivity contribution in [3.63, 3.8) is 0 Å². The summed E-state index contributed by atoms with van der Waals surface area (Å²) in [5.74, 6) is -0.381. The Morgan fingerprint density at radius 2 is 2.42 bits per heavy atom. The molecular formula is C9H10O3. The fraction of sp³-hybridized carbons (Fsp3) is 0.333. The van der Waals surface area contributed by atoms with Crippen LogP contribution in [0.1, 0.15) is 12.8 Å². The van der Waals surface area contributed by atoms with Gasteiger partial charge in [-0.05, 0) is 6.08 Å². The third-order valence-corrected chi connectivity index (χ3v) is 1.61. The molecule has 0 N–H and O–H groups in total. The average molecular weight is 166 g/mol. The van der Waals surface area contributed by atoms with E-state index < -0.39 is 0 Å². The molecule has 0 saturated heterocycles. The number of esters is 1. The number of hydrogen-bond acceptors (Lipinski definition) is 3. The number of carbonyl (C=O) groups excluding carboxylic acids is 2. The van der Waals surface area contributed by atoms with Gasteiger partial charge >= 0.3 is 5.97 Å². The lowest BCUT2D eigenvalue weighted by atomic mass is 10.1. The van der Waals surface area contributed by atoms with E-state index >= 15 is 0 Å². The normalized spacial score (nSPS) is 21.5. The SMILES string of the molecule is C=CC[C@@H]1C=C(CC=O)C(=O)O1. The van der Waals surface area contributed by atoms with Crippen molar-refractivity contribution in [3.05, 3.63) is 24.3 Å².